The number of carbonyl (C=O) groups excluding carboxylic acids is 1. The van der Waals surface area contributed by atoms with Crippen LogP contribution >= 0.6 is 11.6 Å². The number of likely N-dealkylation sites (tertiary alicyclic amines) is 1. The van der Waals surface area contributed by atoms with Crippen LogP contribution in [0.2, 0.25) is 5.02 Å². The van der Waals surface area contributed by atoms with Gasteiger partial charge in [-0.25, -0.2) is 4.98 Å². The van der Waals surface area contributed by atoms with E-state index >= 15 is 0 Å². The van der Waals surface area contributed by atoms with E-state index in [2.05, 4.69) is 26.7 Å². The fourth-order valence-electron chi connectivity index (χ4n) is 4.89. The molecule has 2 aromatic heterocycles. The van der Waals surface area contributed by atoms with E-state index in [4.69, 9.17) is 16.3 Å². The summed E-state index contributed by atoms with van der Waals surface area (Å²) in [4.78, 5) is 19.7. The van der Waals surface area contributed by atoms with Crippen LogP contribution in [0.25, 0.3) is 11.0 Å². The maximum atomic E-state index is 13.1. The zero-order valence-electron chi connectivity index (χ0n) is 16.3. The molecule has 0 aliphatic carbocycles. The lowest BCUT2D eigenvalue weighted by Crippen LogP contribution is -2.53. The van der Waals surface area contributed by atoms with Crippen LogP contribution in [-0.2, 0) is 22.5 Å². The quantitative estimate of drug-likeness (QED) is 0.854. The van der Waals surface area contributed by atoms with Crippen molar-refractivity contribution in [3.8, 4) is 0 Å². The Kier molecular flexibility index (Phi) is 4.81. The molecule has 5 rings (SSSR count). The van der Waals surface area contributed by atoms with Crippen LogP contribution < -0.4 is 5.32 Å². The van der Waals surface area contributed by atoms with Crippen molar-refractivity contribution in [3.05, 3.63) is 28.5 Å². The van der Waals surface area contributed by atoms with Gasteiger partial charge in [-0.2, -0.15) is 0 Å². The van der Waals surface area contributed by atoms with Gasteiger partial charge in [-0.3, -0.25) is 4.79 Å². The molecule has 3 atom stereocenters. The monoisotopic (exact) mass is 402 g/mol. The third-order valence-electron chi connectivity index (χ3n) is 6.66. The van der Waals surface area contributed by atoms with Crippen LogP contribution in [0.5, 0.6) is 0 Å². The Morgan fingerprint density at radius 2 is 2.18 bits per heavy atom. The minimum Gasteiger partial charge on any atom is -0.367 e. The summed E-state index contributed by atoms with van der Waals surface area (Å²) in [5.74, 6) is 0.180. The summed E-state index contributed by atoms with van der Waals surface area (Å²) in [6.45, 7) is 5.59. The van der Waals surface area contributed by atoms with Gasteiger partial charge in [0, 0.05) is 48.9 Å². The van der Waals surface area contributed by atoms with Crippen molar-refractivity contribution in [1.29, 1.82) is 0 Å². The third kappa shape index (κ3) is 3.11. The highest BCUT2D eigenvalue weighted by Gasteiger charge is 2.36. The zero-order chi connectivity index (χ0) is 19.3. The van der Waals surface area contributed by atoms with E-state index in [0.29, 0.717) is 17.7 Å². The Bertz CT molecular complexity index is 907. The summed E-state index contributed by atoms with van der Waals surface area (Å²) in [5.41, 5.74) is 3.54. The van der Waals surface area contributed by atoms with Gasteiger partial charge in [-0.05, 0) is 50.8 Å². The minimum absolute atomic E-state index is 0.180. The molecular formula is C21H27ClN4O2. The lowest BCUT2D eigenvalue weighted by molar-refractivity contribution is -0.152. The molecule has 7 heteroatoms. The molecule has 28 heavy (non-hydrogen) atoms. The normalized spacial score (nSPS) is 27.7. The highest BCUT2D eigenvalue weighted by molar-refractivity contribution is 6.31. The molecule has 1 amide bonds. The summed E-state index contributed by atoms with van der Waals surface area (Å²) in [6.07, 6.45) is 6.29. The fourth-order valence-corrected chi connectivity index (χ4v) is 5.05. The van der Waals surface area contributed by atoms with Crippen molar-refractivity contribution in [2.75, 3.05) is 19.7 Å². The predicted octanol–water partition coefficient (Wildman–Crippen LogP) is 2.68. The number of carbonyl (C=O) groups is 1. The van der Waals surface area contributed by atoms with Crippen LogP contribution in [0.3, 0.4) is 0 Å². The standard InChI is InChI=1S/C21H27ClN4O2/c1-13-17-9-14(22)11-24-20(17)26-8-5-16(10-18(13)26)25-7-2-3-19(21(25)27)28-12-15-4-6-23-15/h9,11,15-16,19,23H,2-8,10,12H2,1H3. The smallest absolute Gasteiger partial charge is 0.251 e. The highest BCUT2D eigenvalue weighted by atomic mass is 35.5. The number of halogens is 1. The first-order valence-electron chi connectivity index (χ1n) is 10.4. The number of hydrogen-bond acceptors (Lipinski definition) is 4. The Morgan fingerprint density at radius 1 is 1.32 bits per heavy atom. The highest BCUT2D eigenvalue weighted by Crippen LogP contribution is 2.33. The molecule has 3 unspecified atom stereocenters. The predicted molar refractivity (Wildman–Crippen MR) is 109 cm³/mol. The molecule has 2 saturated heterocycles. The number of nitrogens with zero attached hydrogens (tertiary/aromatic N) is 3. The summed E-state index contributed by atoms with van der Waals surface area (Å²) < 4.78 is 8.30. The van der Waals surface area contributed by atoms with E-state index in [1.54, 1.807) is 6.20 Å². The number of nitrogens with one attached hydrogen (secondary N) is 1. The van der Waals surface area contributed by atoms with Crippen molar-refractivity contribution in [2.24, 2.45) is 0 Å². The fraction of sp³-hybridized carbons (Fsp3) is 0.619. The first-order valence-corrected chi connectivity index (χ1v) is 10.8. The number of fused-ring (bicyclic) bond motifs is 3. The van der Waals surface area contributed by atoms with Crippen LogP contribution in [0, 0.1) is 6.92 Å². The molecule has 3 aliphatic heterocycles. The summed E-state index contributed by atoms with van der Waals surface area (Å²) in [6, 6.07) is 2.67. The molecule has 0 saturated carbocycles. The Balaban J connectivity index is 1.33. The number of hydrogen-bond donors (Lipinski definition) is 1. The Morgan fingerprint density at radius 3 is 2.96 bits per heavy atom. The van der Waals surface area contributed by atoms with E-state index in [-0.39, 0.29) is 18.1 Å². The zero-order valence-corrected chi connectivity index (χ0v) is 17.0. The second-order valence-corrected chi connectivity index (χ2v) is 8.77. The summed E-state index contributed by atoms with van der Waals surface area (Å²) >= 11 is 6.16. The molecule has 150 valence electrons. The van der Waals surface area contributed by atoms with Crippen molar-refractivity contribution in [3.63, 3.8) is 0 Å². The molecule has 0 aromatic carbocycles. The third-order valence-corrected chi connectivity index (χ3v) is 6.86. The van der Waals surface area contributed by atoms with Crippen LogP contribution in [0.4, 0.5) is 0 Å². The van der Waals surface area contributed by atoms with Crippen molar-refractivity contribution < 1.29 is 9.53 Å². The maximum absolute atomic E-state index is 13.1. The lowest BCUT2D eigenvalue weighted by Gasteiger charge is -2.40. The molecule has 1 N–H and O–H groups in total. The molecular weight excluding hydrogens is 376 g/mol. The first kappa shape index (κ1) is 18.4. The van der Waals surface area contributed by atoms with Crippen LogP contribution in [0.1, 0.15) is 36.9 Å². The van der Waals surface area contributed by atoms with Crippen molar-refractivity contribution in [2.45, 2.75) is 63.8 Å². The van der Waals surface area contributed by atoms with E-state index in [1.807, 2.05) is 6.07 Å². The topological polar surface area (TPSA) is 59.4 Å². The van der Waals surface area contributed by atoms with Crippen LogP contribution in [-0.4, -0.2) is 58.2 Å². The molecule has 2 aromatic rings. The van der Waals surface area contributed by atoms with Gasteiger partial charge >= 0.3 is 0 Å². The summed E-state index contributed by atoms with van der Waals surface area (Å²) in [7, 11) is 0. The number of pyridine rings is 1. The maximum Gasteiger partial charge on any atom is 0.251 e. The Labute approximate surface area is 170 Å². The van der Waals surface area contributed by atoms with Gasteiger partial charge in [0.05, 0.1) is 11.6 Å². The molecule has 0 bridgehead atoms. The van der Waals surface area contributed by atoms with Crippen molar-refractivity contribution >= 4 is 28.5 Å². The number of piperidine rings is 1. The average Bonchev–Trinajstić information content (AvgIpc) is 2.93. The van der Waals surface area contributed by atoms with Gasteiger partial charge in [-0.1, -0.05) is 11.6 Å². The molecule has 3 aliphatic rings. The lowest BCUT2D eigenvalue weighted by atomic mass is 9.96. The molecule has 5 heterocycles. The second kappa shape index (κ2) is 7.32. The van der Waals surface area contributed by atoms with Gasteiger partial charge in [0.15, 0.2) is 0 Å². The number of aromatic nitrogens is 2. The average molecular weight is 403 g/mol. The van der Waals surface area contributed by atoms with Gasteiger partial charge < -0.3 is 19.5 Å². The number of ether oxygens (including phenoxy) is 1. The van der Waals surface area contributed by atoms with Crippen molar-refractivity contribution in [1.82, 2.24) is 19.8 Å². The molecule has 2 fully saturated rings. The number of rotatable bonds is 4. The minimum atomic E-state index is -0.273. The van der Waals surface area contributed by atoms with Gasteiger partial charge in [-0.15, -0.1) is 0 Å². The second-order valence-electron chi connectivity index (χ2n) is 8.33. The van der Waals surface area contributed by atoms with E-state index in [0.717, 1.165) is 62.8 Å². The SMILES string of the molecule is Cc1c2n(c3ncc(Cl)cc13)CCC(N1CCCC(OCC3CCN3)C1=O)C2. The first-order chi connectivity index (χ1) is 13.6. The van der Waals surface area contributed by atoms with Gasteiger partial charge in [0.25, 0.3) is 5.91 Å². The van der Waals surface area contributed by atoms with Gasteiger partial charge in [0.2, 0.25) is 0 Å². The number of amides is 1. The van der Waals surface area contributed by atoms with E-state index in [1.165, 1.54) is 11.3 Å². The molecule has 6 nitrogen and oxygen atoms in total. The molecule has 0 spiro atoms. The van der Waals surface area contributed by atoms with Crippen LogP contribution in [0.15, 0.2) is 12.3 Å². The Hall–Kier alpha value is -1.63. The van der Waals surface area contributed by atoms with E-state index in [9.17, 15) is 4.79 Å². The van der Waals surface area contributed by atoms with Gasteiger partial charge in [0.1, 0.15) is 11.8 Å². The van der Waals surface area contributed by atoms with E-state index < -0.39 is 0 Å². The largest absolute Gasteiger partial charge is 0.367 e. The number of aryl methyl sites for hydroxylation is 2. The molecule has 0 radical (unpaired) electrons. The summed E-state index contributed by atoms with van der Waals surface area (Å²) in [5, 5.41) is 5.14.